The Balaban J connectivity index is 1.16. The van der Waals surface area contributed by atoms with Crippen LogP contribution < -0.4 is 9.64 Å². The standard InChI is InChI=1S/C23H25FN4O4S/c1-31-19-6-8-20(9-7-19)33(29,30)28-12-10-23(11-13-28)15-27(16-23)22-25-21(26-32-22)14-17-2-4-18(24)5-3-17/h2-9H,10-16H2,1H3. The predicted molar refractivity (Wildman–Crippen MR) is 119 cm³/mol. The third-order valence-corrected chi connectivity index (χ3v) is 8.45. The zero-order valence-electron chi connectivity index (χ0n) is 18.3. The first-order chi connectivity index (χ1) is 15.9. The minimum absolute atomic E-state index is 0.0670. The van der Waals surface area contributed by atoms with E-state index in [9.17, 15) is 12.8 Å². The minimum Gasteiger partial charge on any atom is -0.497 e. The number of hydrogen-bond acceptors (Lipinski definition) is 7. The Morgan fingerprint density at radius 1 is 1.06 bits per heavy atom. The molecule has 2 saturated heterocycles. The normalized spacial score (nSPS) is 18.3. The maximum atomic E-state index is 13.1. The number of aromatic nitrogens is 2. The first-order valence-corrected chi connectivity index (χ1v) is 12.3. The smallest absolute Gasteiger partial charge is 0.324 e. The third kappa shape index (κ3) is 4.32. The molecule has 33 heavy (non-hydrogen) atoms. The summed E-state index contributed by atoms with van der Waals surface area (Å²) in [4.78, 5) is 6.80. The number of methoxy groups -OCH3 is 1. The summed E-state index contributed by atoms with van der Waals surface area (Å²) >= 11 is 0. The summed E-state index contributed by atoms with van der Waals surface area (Å²) in [6, 6.07) is 13.2. The molecule has 0 atom stereocenters. The predicted octanol–water partition coefficient (Wildman–Crippen LogP) is 3.10. The summed E-state index contributed by atoms with van der Waals surface area (Å²) in [7, 11) is -1.96. The SMILES string of the molecule is COc1ccc(S(=O)(=O)N2CCC3(CC2)CN(c2nc(Cc4ccc(F)cc4)no2)C3)cc1. The van der Waals surface area contributed by atoms with E-state index in [2.05, 4.69) is 10.1 Å². The number of nitrogens with zero attached hydrogens (tertiary/aromatic N) is 4. The van der Waals surface area contributed by atoms with E-state index in [0.717, 1.165) is 31.5 Å². The number of ether oxygens (including phenoxy) is 1. The molecule has 1 aromatic heterocycles. The molecule has 2 aliphatic heterocycles. The number of anilines is 1. The number of rotatable bonds is 6. The van der Waals surface area contributed by atoms with Crippen molar-refractivity contribution in [2.45, 2.75) is 24.2 Å². The lowest BCUT2D eigenvalue weighted by Crippen LogP contribution is -2.61. The zero-order chi connectivity index (χ0) is 23.1. The summed E-state index contributed by atoms with van der Waals surface area (Å²) in [6.07, 6.45) is 2.05. The van der Waals surface area contributed by atoms with Gasteiger partial charge in [0.1, 0.15) is 11.6 Å². The molecule has 10 heteroatoms. The molecule has 0 unspecified atom stereocenters. The molecular weight excluding hydrogens is 447 g/mol. The van der Waals surface area contributed by atoms with Gasteiger partial charge in [0, 0.05) is 38.0 Å². The fourth-order valence-electron chi connectivity index (χ4n) is 4.54. The van der Waals surface area contributed by atoms with Gasteiger partial charge in [-0.2, -0.15) is 9.29 Å². The van der Waals surface area contributed by atoms with E-state index in [-0.39, 0.29) is 16.1 Å². The van der Waals surface area contributed by atoms with E-state index in [1.807, 2.05) is 4.90 Å². The number of benzene rings is 2. The highest BCUT2D eigenvalue weighted by molar-refractivity contribution is 7.89. The molecule has 2 aromatic carbocycles. The van der Waals surface area contributed by atoms with Crippen LogP contribution in [0.2, 0.25) is 0 Å². The van der Waals surface area contributed by atoms with Gasteiger partial charge in [-0.15, -0.1) is 0 Å². The summed E-state index contributed by atoms with van der Waals surface area (Å²) in [5, 5.41) is 4.04. The second kappa shape index (κ2) is 8.42. The molecule has 0 bridgehead atoms. The summed E-state index contributed by atoms with van der Waals surface area (Å²) in [6.45, 7) is 2.51. The molecule has 2 fully saturated rings. The van der Waals surface area contributed by atoms with Crippen molar-refractivity contribution in [1.82, 2.24) is 14.4 Å². The van der Waals surface area contributed by atoms with Gasteiger partial charge in [-0.05, 0) is 54.8 Å². The summed E-state index contributed by atoms with van der Waals surface area (Å²) in [5.74, 6) is 0.905. The van der Waals surface area contributed by atoms with E-state index in [0.29, 0.717) is 37.1 Å². The van der Waals surface area contributed by atoms with Crippen LogP contribution in [0.15, 0.2) is 57.9 Å². The van der Waals surface area contributed by atoms with Gasteiger partial charge in [0.05, 0.1) is 12.0 Å². The highest BCUT2D eigenvalue weighted by Crippen LogP contribution is 2.43. The largest absolute Gasteiger partial charge is 0.497 e. The molecule has 1 spiro atoms. The maximum absolute atomic E-state index is 13.1. The van der Waals surface area contributed by atoms with E-state index in [1.54, 1.807) is 47.8 Å². The van der Waals surface area contributed by atoms with Crippen LogP contribution in [-0.2, 0) is 16.4 Å². The summed E-state index contributed by atoms with van der Waals surface area (Å²) < 4.78 is 51.1. The Hall–Kier alpha value is -2.98. The molecule has 0 amide bonds. The Kier molecular flexibility index (Phi) is 5.57. The molecule has 0 saturated carbocycles. The first-order valence-electron chi connectivity index (χ1n) is 10.8. The lowest BCUT2D eigenvalue weighted by Gasteiger charge is -2.52. The summed E-state index contributed by atoms with van der Waals surface area (Å²) in [5.41, 5.74) is 0.978. The van der Waals surface area contributed by atoms with Gasteiger partial charge in [-0.3, -0.25) is 0 Å². The second-order valence-electron chi connectivity index (χ2n) is 8.73. The van der Waals surface area contributed by atoms with Crippen LogP contribution in [-0.4, -0.2) is 56.2 Å². The van der Waals surface area contributed by atoms with Crippen molar-refractivity contribution in [3.05, 3.63) is 65.7 Å². The maximum Gasteiger partial charge on any atom is 0.324 e. The van der Waals surface area contributed by atoms with Gasteiger partial charge >= 0.3 is 6.01 Å². The van der Waals surface area contributed by atoms with E-state index in [4.69, 9.17) is 9.26 Å². The monoisotopic (exact) mass is 472 g/mol. The molecule has 5 rings (SSSR count). The van der Waals surface area contributed by atoms with Gasteiger partial charge in [-0.1, -0.05) is 17.3 Å². The zero-order valence-corrected chi connectivity index (χ0v) is 19.1. The van der Waals surface area contributed by atoms with Gasteiger partial charge in [0.2, 0.25) is 10.0 Å². The number of halogens is 1. The molecule has 0 aliphatic carbocycles. The highest BCUT2D eigenvalue weighted by Gasteiger charge is 2.48. The average Bonchev–Trinajstić information content (AvgIpc) is 3.27. The molecule has 174 valence electrons. The van der Waals surface area contributed by atoms with Crippen molar-refractivity contribution in [1.29, 1.82) is 0 Å². The quantitative estimate of drug-likeness (QED) is 0.545. The van der Waals surface area contributed by atoms with E-state index in [1.165, 1.54) is 12.1 Å². The van der Waals surface area contributed by atoms with Crippen LogP contribution in [0.5, 0.6) is 5.75 Å². The van der Waals surface area contributed by atoms with Crippen molar-refractivity contribution < 1.29 is 22.1 Å². The first kappa shape index (κ1) is 21.8. The second-order valence-corrected chi connectivity index (χ2v) is 10.7. The molecule has 0 N–H and O–H groups in total. The Morgan fingerprint density at radius 2 is 1.73 bits per heavy atom. The molecule has 3 heterocycles. The Labute approximate surface area is 192 Å². The Bertz CT molecular complexity index is 1210. The number of sulfonamides is 1. The van der Waals surface area contributed by atoms with Crippen molar-refractivity contribution in [3.63, 3.8) is 0 Å². The van der Waals surface area contributed by atoms with E-state index < -0.39 is 10.0 Å². The van der Waals surface area contributed by atoms with Crippen LogP contribution in [0.1, 0.15) is 24.2 Å². The van der Waals surface area contributed by atoms with Crippen molar-refractivity contribution >= 4 is 16.0 Å². The van der Waals surface area contributed by atoms with Gasteiger partial charge in [-0.25, -0.2) is 12.8 Å². The average molecular weight is 473 g/mol. The fraction of sp³-hybridized carbons (Fsp3) is 0.391. The van der Waals surface area contributed by atoms with Crippen molar-refractivity contribution in [2.24, 2.45) is 5.41 Å². The fourth-order valence-corrected chi connectivity index (χ4v) is 5.98. The topological polar surface area (TPSA) is 88.8 Å². The third-order valence-electron chi connectivity index (χ3n) is 6.54. The molecule has 2 aliphatic rings. The molecular formula is C23H25FN4O4S. The number of piperidine rings is 1. The lowest BCUT2D eigenvalue weighted by atomic mass is 9.72. The molecule has 0 radical (unpaired) electrons. The van der Waals surface area contributed by atoms with Gasteiger partial charge in [0.25, 0.3) is 0 Å². The van der Waals surface area contributed by atoms with E-state index >= 15 is 0 Å². The Morgan fingerprint density at radius 3 is 2.36 bits per heavy atom. The highest BCUT2D eigenvalue weighted by atomic mass is 32.2. The van der Waals surface area contributed by atoms with Crippen LogP contribution in [0.4, 0.5) is 10.4 Å². The van der Waals surface area contributed by atoms with Gasteiger partial charge in [0.15, 0.2) is 5.82 Å². The van der Waals surface area contributed by atoms with Crippen LogP contribution in [0.3, 0.4) is 0 Å². The van der Waals surface area contributed by atoms with Crippen LogP contribution >= 0.6 is 0 Å². The van der Waals surface area contributed by atoms with Gasteiger partial charge < -0.3 is 14.2 Å². The lowest BCUT2D eigenvalue weighted by molar-refractivity contribution is 0.108. The van der Waals surface area contributed by atoms with Crippen molar-refractivity contribution in [3.8, 4) is 5.75 Å². The number of hydrogen-bond donors (Lipinski definition) is 0. The molecule has 3 aromatic rings. The minimum atomic E-state index is -3.52. The van der Waals surface area contributed by atoms with Crippen LogP contribution in [0, 0.1) is 11.2 Å². The van der Waals surface area contributed by atoms with Crippen molar-refractivity contribution in [2.75, 3.05) is 38.2 Å². The molecule has 8 nitrogen and oxygen atoms in total. The van der Waals surface area contributed by atoms with Crippen LogP contribution in [0.25, 0.3) is 0 Å².